The summed E-state index contributed by atoms with van der Waals surface area (Å²) in [7, 11) is 1.55. The number of rotatable bonds is 6. The first-order valence-electron chi connectivity index (χ1n) is 9.79. The monoisotopic (exact) mass is 450 g/mol. The van der Waals surface area contributed by atoms with Crippen LogP contribution in [0.4, 0.5) is 15.8 Å². The van der Waals surface area contributed by atoms with E-state index < -0.39 is 11.1 Å². The molecule has 0 spiro atoms. The number of anilines is 2. The van der Waals surface area contributed by atoms with Crippen LogP contribution in [-0.2, 0) is 9.59 Å². The van der Waals surface area contributed by atoms with Crippen LogP contribution in [0.2, 0.25) is 0 Å². The number of methoxy groups -OCH3 is 1. The maximum atomic E-state index is 13.0. The number of thioether (sulfide) groups is 1. The van der Waals surface area contributed by atoms with Crippen molar-refractivity contribution < 1.29 is 23.5 Å². The van der Waals surface area contributed by atoms with Gasteiger partial charge >= 0.3 is 0 Å². The molecule has 1 N–H and O–H groups in total. The summed E-state index contributed by atoms with van der Waals surface area (Å²) >= 11 is 1.30. The van der Waals surface area contributed by atoms with Gasteiger partial charge < -0.3 is 10.1 Å². The van der Waals surface area contributed by atoms with E-state index in [-0.39, 0.29) is 24.1 Å². The fourth-order valence-corrected chi connectivity index (χ4v) is 4.34. The zero-order chi connectivity index (χ0) is 22.7. The highest BCUT2D eigenvalue weighted by atomic mass is 32.2. The highest BCUT2D eigenvalue weighted by molar-refractivity contribution is 8.00. The molecule has 4 rings (SSSR count). The number of carbonyl (C=O) groups excluding carboxylic acids is 3. The summed E-state index contributed by atoms with van der Waals surface area (Å²) in [5, 5.41) is 2.22. The summed E-state index contributed by atoms with van der Waals surface area (Å²) in [6, 6.07) is 19.0. The summed E-state index contributed by atoms with van der Waals surface area (Å²) in [4.78, 5) is 39.5. The minimum Gasteiger partial charge on any atom is -0.497 e. The van der Waals surface area contributed by atoms with E-state index in [4.69, 9.17) is 4.74 Å². The topological polar surface area (TPSA) is 75.7 Å². The van der Waals surface area contributed by atoms with Crippen LogP contribution in [0, 0.1) is 5.82 Å². The van der Waals surface area contributed by atoms with Gasteiger partial charge in [-0.2, -0.15) is 0 Å². The SMILES string of the molecule is COc1ccc(N2C(=O)CC(Sc3ccc(NC(=O)c4ccc(F)cc4)cc3)C2=O)cc1. The van der Waals surface area contributed by atoms with Gasteiger partial charge in [0, 0.05) is 22.6 Å². The Morgan fingerprint density at radius 2 is 1.66 bits per heavy atom. The average Bonchev–Trinajstić information content (AvgIpc) is 3.08. The number of hydrogen-bond donors (Lipinski definition) is 1. The molecule has 3 aromatic rings. The van der Waals surface area contributed by atoms with Crippen molar-refractivity contribution in [3.05, 3.63) is 84.2 Å². The third-order valence-electron chi connectivity index (χ3n) is 4.93. The second-order valence-electron chi connectivity index (χ2n) is 7.06. The number of hydrogen-bond acceptors (Lipinski definition) is 5. The molecular formula is C24H19FN2O4S. The number of halogens is 1. The van der Waals surface area contributed by atoms with Crippen LogP contribution in [0.5, 0.6) is 5.75 Å². The van der Waals surface area contributed by atoms with Gasteiger partial charge in [-0.1, -0.05) is 0 Å². The molecule has 1 atom stereocenters. The molecular weight excluding hydrogens is 431 g/mol. The molecule has 1 heterocycles. The molecule has 6 nitrogen and oxygen atoms in total. The van der Waals surface area contributed by atoms with Crippen LogP contribution in [-0.4, -0.2) is 30.1 Å². The number of amides is 3. The molecule has 1 aliphatic heterocycles. The molecule has 8 heteroatoms. The highest BCUT2D eigenvalue weighted by Crippen LogP contribution is 2.34. The molecule has 3 aromatic carbocycles. The van der Waals surface area contributed by atoms with Gasteiger partial charge in [0.05, 0.1) is 18.0 Å². The third kappa shape index (κ3) is 4.65. The van der Waals surface area contributed by atoms with Crippen LogP contribution in [0.15, 0.2) is 77.7 Å². The molecule has 0 aliphatic carbocycles. The van der Waals surface area contributed by atoms with E-state index in [1.165, 1.54) is 40.9 Å². The van der Waals surface area contributed by atoms with Crippen LogP contribution in [0.25, 0.3) is 0 Å². The predicted molar refractivity (Wildman–Crippen MR) is 121 cm³/mol. The van der Waals surface area contributed by atoms with Gasteiger partial charge in [0.25, 0.3) is 5.91 Å². The Bertz CT molecular complexity index is 1150. The number of nitrogens with zero attached hydrogens (tertiary/aromatic N) is 1. The molecule has 0 radical (unpaired) electrons. The number of nitrogens with one attached hydrogen (secondary N) is 1. The number of carbonyl (C=O) groups is 3. The second-order valence-corrected chi connectivity index (χ2v) is 8.34. The molecule has 162 valence electrons. The zero-order valence-corrected chi connectivity index (χ0v) is 17.9. The Balaban J connectivity index is 1.39. The lowest BCUT2D eigenvalue weighted by Crippen LogP contribution is -2.31. The number of benzene rings is 3. The van der Waals surface area contributed by atoms with Crippen LogP contribution >= 0.6 is 11.8 Å². The molecule has 1 saturated heterocycles. The zero-order valence-electron chi connectivity index (χ0n) is 17.1. The van der Waals surface area contributed by atoms with Gasteiger partial charge in [0.2, 0.25) is 11.8 Å². The summed E-state index contributed by atoms with van der Waals surface area (Å²) in [6.45, 7) is 0. The first-order chi connectivity index (χ1) is 15.4. The summed E-state index contributed by atoms with van der Waals surface area (Å²) in [5.74, 6) is -0.629. The van der Waals surface area contributed by atoms with Gasteiger partial charge in [-0.05, 0) is 72.8 Å². The minimum absolute atomic E-state index is 0.110. The summed E-state index contributed by atoms with van der Waals surface area (Å²) < 4.78 is 18.1. The van der Waals surface area contributed by atoms with Crippen molar-refractivity contribution in [2.45, 2.75) is 16.6 Å². The van der Waals surface area contributed by atoms with E-state index >= 15 is 0 Å². The number of imide groups is 1. The minimum atomic E-state index is -0.524. The van der Waals surface area contributed by atoms with Crippen LogP contribution < -0.4 is 15.0 Å². The standard InChI is InChI=1S/C24H19FN2O4S/c1-31-19-10-8-18(9-11-19)27-22(28)14-21(24(27)30)32-20-12-6-17(7-13-20)26-23(29)15-2-4-16(25)5-3-15/h2-13,21H,14H2,1H3,(H,26,29). The van der Waals surface area contributed by atoms with Crippen molar-refractivity contribution >= 4 is 40.9 Å². The van der Waals surface area contributed by atoms with Crippen molar-refractivity contribution in [1.29, 1.82) is 0 Å². The number of ether oxygens (including phenoxy) is 1. The summed E-state index contributed by atoms with van der Waals surface area (Å²) in [5.41, 5.74) is 1.43. The third-order valence-corrected chi connectivity index (χ3v) is 6.13. The van der Waals surface area contributed by atoms with Crippen molar-refractivity contribution in [2.24, 2.45) is 0 Å². The van der Waals surface area contributed by atoms with Crippen LogP contribution in [0.3, 0.4) is 0 Å². The predicted octanol–water partition coefficient (Wildman–Crippen LogP) is 4.51. The van der Waals surface area contributed by atoms with E-state index in [1.54, 1.807) is 55.6 Å². The Hall–Kier alpha value is -3.65. The van der Waals surface area contributed by atoms with E-state index in [9.17, 15) is 18.8 Å². The van der Waals surface area contributed by atoms with Gasteiger partial charge in [-0.25, -0.2) is 9.29 Å². The van der Waals surface area contributed by atoms with E-state index in [0.29, 0.717) is 22.7 Å². The first kappa shape index (κ1) is 21.6. The van der Waals surface area contributed by atoms with Gasteiger partial charge in [0.15, 0.2) is 0 Å². The molecule has 3 amide bonds. The van der Waals surface area contributed by atoms with Crippen molar-refractivity contribution in [1.82, 2.24) is 0 Å². The maximum Gasteiger partial charge on any atom is 0.255 e. The van der Waals surface area contributed by atoms with Crippen LogP contribution in [0.1, 0.15) is 16.8 Å². The fourth-order valence-electron chi connectivity index (χ4n) is 3.28. The van der Waals surface area contributed by atoms with E-state index in [0.717, 1.165) is 4.90 Å². The molecule has 32 heavy (non-hydrogen) atoms. The molecule has 0 saturated carbocycles. The van der Waals surface area contributed by atoms with E-state index in [2.05, 4.69) is 5.32 Å². The quantitative estimate of drug-likeness (QED) is 0.560. The maximum absolute atomic E-state index is 13.0. The van der Waals surface area contributed by atoms with Crippen molar-refractivity contribution in [3.8, 4) is 5.75 Å². The largest absolute Gasteiger partial charge is 0.497 e. The lowest BCUT2D eigenvalue weighted by atomic mass is 10.2. The normalized spacial score (nSPS) is 15.7. The second kappa shape index (κ2) is 9.23. The molecule has 1 unspecified atom stereocenters. The Morgan fingerprint density at radius 3 is 2.28 bits per heavy atom. The Labute approximate surface area is 188 Å². The summed E-state index contributed by atoms with van der Waals surface area (Å²) in [6.07, 6.45) is 0.110. The smallest absolute Gasteiger partial charge is 0.255 e. The molecule has 1 fully saturated rings. The first-order valence-corrected chi connectivity index (χ1v) is 10.7. The Morgan fingerprint density at radius 1 is 1.00 bits per heavy atom. The highest BCUT2D eigenvalue weighted by Gasteiger charge is 2.40. The van der Waals surface area contributed by atoms with Crippen molar-refractivity contribution in [3.63, 3.8) is 0 Å². The fraction of sp³-hybridized carbons (Fsp3) is 0.125. The van der Waals surface area contributed by atoms with Gasteiger partial charge in [0.1, 0.15) is 11.6 Å². The molecule has 0 aromatic heterocycles. The Kier molecular flexibility index (Phi) is 6.23. The van der Waals surface area contributed by atoms with Gasteiger partial charge in [-0.3, -0.25) is 14.4 Å². The lowest BCUT2D eigenvalue weighted by molar-refractivity contribution is -0.121. The van der Waals surface area contributed by atoms with E-state index in [1.807, 2.05) is 0 Å². The van der Waals surface area contributed by atoms with Gasteiger partial charge in [-0.15, -0.1) is 11.8 Å². The molecule has 1 aliphatic rings. The average molecular weight is 450 g/mol. The lowest BCUT2D eigenvalue weighted by Gasteiger charge is -2.15. The van der Waals surface area contributed by atoms with Crippen molar-refractivity contribution in [2.75, 3.05) is 17.3 Å². The molecule has 0 bridgehead atoms.